The molecule has 0 fully saturated rings. The van der Waals surface area contributed by atoms with Crippen molar-refractivity contribution in [2.45, 2.75) is 13.3 Å². The number of anilines is 1. The number of nitrogens with zero attached hydrogens (tertiary/aromatic N) is 1. The fraction of sp³-hybridized carbons (Fsp3) is 0.417. The van der Waals surface area contributed by atoms with E-state index in [0.717, 1.165) is 6.42 Å². The van der Waals surface area contributed by atoms with Crippen molar-refractivity contribution >= 4 is 17.3 Å². The molecule has 0 saturated carbocycles. The zero-order chi connectivity index (χ0) is 14.3. The monoisotopic (exact) mass is 268 g/mol. The lowest BCUT2D eigenvalue weighted by molar-refractivity contribution is -0.384. The molecule has 0 bridgehead atoms. The second-order valence-corrected chi connectivity index (χ2v) is 3.69. The van der Waals surface area contributed by atoms with E-state index in [1.165, 1.54) is 19.2 Å². The Kier molecular flexibility index (Phi) is 5.59. The first-order chi connectivity index (χ1) is 9.10. The predicted molar refractivity (Wildman–Crippen MR) is 69.4 cm³/mol. The Morgan fingerprint density at radius 3 is 2.79 bits per heavy atom. The summed E-state index contributed by atoms with van der Waals surface area (Å²) in [6.07, 6.45) is 0.747. The van der Waals surface area contributed by atoms with E-state index in [2.05, 4.69) is 10.1 Å². The number of hydrogen-bond acceptors (Lipinski definition) is 6. The van der Waals surface area contributed by atoms with E-state index >= 15 is 0 Å². The van der Waals surface area contributed by atoms with Gasteiger partial charge in [0.05, 0.1) is 18.6 Å². The molecule has 7 heteroatoms. The number of para-hydroxylation sites is 1. The van der Waals surface area contributed by atoms with E-state index in [0.29, 0.717) is 6.61 Å². The van der Waals surface area contributed by atoms with Gasteiger partial charge in [0, 0.05) is 0 Å². The summed E-state index contributed by atoms with van der Waals surface area (Å²) in [7, 11) is 1.25. The van der Waals surface area contributed by atoms with Gasteiger partial charge in [-0.2, -0.15) is 0 Å². The van der Waals surface area contributed by atoms with Gasteiger partial charge in [-0.15, -0.1) is 0 Å². The lowest BCUT2D eigenvalue weighted by atomic mass is 10.2. The Hall–Kier alpha value is -2.31. The van der Waals surface area contributed by atoms with Gasteiger partial charge in [0.15, 0.2) is 5.75 Å². The van der Waals surface area contributed by atoms with Crippen LogP contribution >= 0.6 is 0 Å². The summed E-state index contributed by atoms with van der Waals surface area (Å²) in [6.45, 7) is 2.15. The Morgan fingerprint density at radius 2 is 2.21 bits per heavy atom. The molecule has 1 aromatic rings. The number of carbonyl (C=O) groups is 1. The first-order valence-electron chi connectivity index (χ1n) is 5.81. The standard InChI is InChI=1S/C12H16N2O5/c1-3-7-19-10-6-4-5-9(12(10)14(16)17)13-8-11(15)18-2/h4-6,13H,3,7-8H2,1-2H3. The molecular weight excluding hydrogens is 252 g/mol. The molecule has 7 nitrogen and oxygen atoms in total. The molecule has 0 aliphatic carbocycles. The summed E-state index contributed by atoms with van der Waals surface area (Å²) in [5.41, 5.74) is 0.0452. The molecule has 1 N–H and O–H groups in total. The van der Waals surface area contributed by atoms with Gasteiger partial charge >= 0.3 is 11.7 Å². The van der Waals surface area contributed by atoms with E-state index in [1.54, 1.807) is 6.07 Å². The predicted octanol–water partition coefficient (Wildman–Crippen LogP) is 1.97. The van der Waals surface area contributed by atoms with Crippen LogP contribution < -0.4 is 10.1 Å². The summed E-state index contributed by atoms with van der Waals surface area (Å²) in [5.74, 6) is -0.323. The molecule has 104 valence electrons. The zero-order valence-electron chi connectivity index (χ0n) is 10.8. The number of benzene rings is 1. The Morgan fingerprint density at radius 1 is 1.47 bits per heavy atom. The quantitative estimate of drug-likeness (QED) is 0.462. The van der Waals surface area contributed by atoms with E-state index in [-0.39, 0.29) is 23.7 Å². The number of nitro groups is 1. The lowest BCUT2D eigenvalue weighted by Gasteiger charge is -2.10. The third-order valence-electron chi connectivity index (χ3n) is 2.29. The van der Waals surface area contributed by atoms with Crippen LogP contribution in [0.3, 0.4) is 0 Å². The number of nitro benzene ring substituents is 1. The largest absolute Gasteiger partial charge is 0.487 e. The summed E-state index contributed by atoms with van der Waals surface area (Å²) < 4.78 is 9.79. The lowest BCUT2D eigenvalue weighted by Crippen LogP contribution is -2.16. The minimum atomic E-state index is -0.537. The van der Waals surface area contributed by atoms with Gasteiger partial charge in [-0.25, -0.2) is 0 Å². The van der Waals surface area contributed by atoms with Crippen LogP contribution in [0.5, 0.6) is 5.75 Å². The summed E-state index contributed by atoms with van der Waals surface area (Å²) >= 11 is 0. The normalized spacial score (nSPS) is 9.79. The van der Waals surface area contributed by atoms with Crippen molar-refractivity contribution in [3.05, 3.63) is 28.3 Å². The van der Waals surface area contributed by atoms with Gasteiger partial charge in [-0.3, -0.25) is 14.9 Å². The van der Waals surface area contributed by atoms with Crippen LogP contribution in [0.2, 0.25) is 0 Å². The van der Waals surface area contributed by atoms with Crippen LogP contribution in [0, 0.1) is 10.1 Å². The average molecular weight is 268 g/mol. The number of carbonyl (C=O) groups excluding carboxylic acids is 1. The maximum absolute atomic E-state index is 11.1. The number of methoxy groups -OCH3 is 1. The van der Waals surface area contributed by atoms with Crippen LogP contribution in [0.1, 0.15) is 13.3 Å². The number of rotatable bonds is 7. The second kappa shape index (κ2) is 7.20. The van der Waals surface area contributed by atoms with Gasteiger partial charge in [-0.05, 0) is 18.6 Å². The van der Waals surface area contributed by atoms with E-state index in [1.807, 2.05) is 6.92 Å². The molecule has 0 atom stereocenters. The van der Waals surface area contributed by atoms with Crippen molar-refractivity contribution in [1.82, 2.24) is 0 Å². The first-order valence-corrected chi connectivity index (χ1v) is 5.81. The van der Waals surface area contributed by atoms with Crippen molar-refractivity contribution in [2.24, 2.45) is 0 Å². The van der Waals surface area contributed by atoms with Crippen molar-refractivity contribution in [3.8, 4) is 5.75 Å². The Labute approximate surface area is 110 Å². The number of ether oxygens (including phenoxy) is 2. The molecule has 1 rings (SSSR count). The Bertz CT molecular complexity index is 461. The van der Waals surface area contributed by atoms with E-state index in [4.69, 9.17) is 4.74 Å². The molecule has 0 heterocycles. The van der Waals surface area contributed by atoms with Crippen LogP contribution in [0.15, 0.2) is 18.2 Å². The molecule has 0 aliphatic rings. The molecule has 0 aliphatic heterocycles. The molecule has 0 radical (unpaired) electrons. The fourth-order valence-corrected chi connectivity index (χ4v) is 1.42. The van der Waals surface area contributed by atoms with Crippen molar-refractivity contribution < 1.29 is 19.2 Å². The SMILES string of the molecule is CCCOc1cccc(NCC(=O)OC)c1[N+](=O)[O-]. The smallest absolute Gasteiger partial charge is 0.333 e. The van der Waals surface area contributed by atoms with Gasteiger partial charge in [-0.1, -0.05) is 13.0 Å². The highest BCUT2D eigenvalue weighted by Gasteiger charge is 2.21. The van der Waals surface area contributed by atoms with Gasteiger partial charge in [0.25, 0.3) is 0 Å². The fourth-order valence-electron chi connectivity index (χ4n) is 1.42. The van der Waals surface area contributed by atoms with Crippen molar-refractivity contribution in [2.75, 3.05) is 25.6 Å². The molecule has 0 saturated heterocycles. The molecule has 0 unspecified atom stereocenters. The highest BCUT2D eigenvalue weighted by molar-refractivity contribution is 5.77. The molecule has 1 aromatic carbocycles. The summed E-state index contributed by atoms with van der Waals surface area (Å²) in [5, 5.41) is 13.8. The summed E-state index contributed by atoms with van der Waals surface area (Å²) in [4.78, 5) is 21.6. The first kappa shape index (κ1) is 14.7. The minimum absolute atomic E-state index is 0.144. The highest BCUT2D eigenvalue weighted by Crippen LogP contribution is 2.34. The second-order valence-electron chi connectivity index (χ2n) is 3.69. The van der Waals surface area contributed by atoms with Crippen molar-refractivity contribution in [1.29, 1.82) is 0 Å². The maximum Gasteiger partial charge on any atom is 0.333 e. The number of nitrogens with one attached hydrogen (secondary N) is 1. The van der Waals surface area contributed by atoms with Gasteiger partial charge < -0.3 is 14.8 Å². The van der Waals surface area contributed by atoms with Crippen LogP contribution in [0.4, 0.5) is 11.4 Å². The minimum Gasteiger partial charge on any atom is -0.487 e. The average Bonchev–Trinajstić information content (AvgIpc) is 2.41. The zero-order valence-corrected chi connectivity index (χ0v) is 10.8. The molecule has 19 heavy (non-hydrogen) atoms. The third kappa shape index (κ3) is 4.13. The van der Waals surface area contributed by atoms with E-state index < -0.39 is 10.9 Å². The molecule has 0 spiro atoms. The van der Waals surface area contributed by atoms with Crippen LogP contribution in [-0.2, 0) is 9.53 Å². The molecular formula is C12H16N2O5. The van der Waals surface area contributed by atoms with E-state index in [9.17, 15) is 14.9 Å². The highest BCUT2D eigenvalue weighted by atomic mass is 16.6. The Balaban J connectivity index is 2.95. The van der Waals surface area contributed by atoms with Gasteiger partial charge in [0.2, 0.25) is 0 Å². The molecule has 0 amide bonds. The third-order valence-corrected chi connectivity index (χ3v) is 2.29. The van der Waals surface area contributed by atoms with Crippen LogP contribution in [0.25, 0.3) is 0 Å². The summed E-state index contributed by atoms with van der Waals surface area (Å²) in [6, 6.07) is 4.66. The number of hydrogen-bond donors (Lipinski definition) is 1. The van der Waals surface area contributed by atoms with Crippen LogP contribution in [-0.4, -0.2) is 31.2 Å². The topological polar surface area (TPSA) is 90.7 Å². The van der Waals surface area contributed by atoms with Gasteiger partial charge in [0.1, 0.15) is 12.2 Å². The van der Waals surface area contributed by atoms with Crippen molar-refractivity contribution in [3.63, 3.8) is 0 Å². The number of esters is 1. The molecule has 0 aromatic heterocycles. The maximum atomic E-state index is 11.1.